The number of ether oxygens (including phenoxy) is 1. The Balaban J connectivity index is 0.000000460. The van der Waals surface area contributed by atoms with Crippen LogP contribution in [0.2, 0.25) is 0 Å². The largest absolute Gasteiger partial charge is 0.449 e. The van der Waals surface area contributed by atoms with Crippen LogP contribution in [0.25, 0.3) is 0 Å². The summed E-state index contributed by atoms with van der Waals surface area (Å²) in [6, 6.07) is 0. The summed E-state index contributed by atoms with van der Waals surface area (Å²) in [5, 5.41) is -1.62. The summed E-state index contributed by atoms with van der Waals surface area (Å²) in [5.74, 6) is -5.60. The molecule has 0 spiro atoms. The maximum Gasteiger partial charge on any atom is 0.353 e. The predicted molar refractivity (Wildman–Crippen MR) is 162 cm³/mol. The van der Waals surface area contributed by atoms with Gasteiger partial charge >= 0.3 is 11.9 Å². The van der Waals surface area contributed by atoms with Crippen molar-refractivity contribution >= 4 is 69.0 Å². The molecule has 15 nitrogen and oxygen atoms in total. The summed E-state index contributed by atoms with van der Waals surface area (Å²) in [6.45, 7) is 11.0. The predicted octanol–water partition coefficient (Wildman–Crippen LogP) is 1.47. The van der Waals surface area contributed by atoms with E-state index in [1.165, 1.54) is 30.0 Å². The third-order valence-corrected chi connectivity index (χ3v) is 9.64. The normalized spacial score (nSPS) is 22.6. The van der Waals surface area contributed by atoms with E-state index in [-0.39, 0.29) is 115 Å². The summed E-state index contributed by atoms with van der Waals surface area (Å²) >= 11 is 1.43. The molecule has 2 aliphatic heterocycles. The molecule has 47 heavy (non-hydrogen) atoms. The van der Waals surface area contributed by atoms with E-state index in [4.69, 9.17) is 4.74 Å². The number of hydrogen-bond acceptors (Lipinski definition) is 13. The number of rotatable bonds is 13. The molecule has 0 aromatic carbocycles. The van der Waals surface area contributed by atoms with Crippen LogP contribution in [0.15, 0.2) is 0 Å². The molecule has 262 valence electrons. The van der Waals surface area contributed by atoms with E-state index in [2.05, 4.69) is 4.84 Å². The Morgan fingerprint density at radius 1 is 1.00 bits per heavy atom. The van der Waals surface area contributed by atoms with Gasteiger partial charge in [0.1, 0.15) is 0 Å². The topological polar surface area (TPSA) is 216 Å². The average Bonchev–Trinajstić information content (AvgIpc) is 3.49. The van der Waals surface area contributed by atoms with Gasteiger partial charge in [-0.25, -0.2) is 4.79 Å². The molecule has 0 bridgehead atoms. The van der Waals surface area contributed by atoms with Crippen molar-refractivity contribution in [3.8, 4) is 0 Å². The Morgan fingerprint density at radius 2 is 1.62 bits per heavy atom. The maximum atomic E-state index is 12.1. The second-order valence-corrected chi connectivity index (χ2v) is 15.6. The molecule has 1 aliphatic carbocycles. The number of hydrogen-bond donors (Lipinski definition) is 1. The van der Waals surface area contributed by atoms with Crippen molar-refractivity contribution in [1.29, 1.82) is 0 Å². The number of nitrogens with zero attached hydrogens (tertiary/aromatic N) is 2. The Bertz CT molecular complexity index is 1340. The van der Waals surface area contributed by atoms with Gasteiger partial charge in [0.15, 0.2) is 17.1 Å². The molecule has 2 saturated heterocycles. The van der Waals surface area contributed by atoms with Gasteiger partial charge in [0, 0.05) is 79.8 Å². The number of likely N-dealkylation sites (tertiary alicyclic amines) is 1. The molecule has 0 aromatic rings. The number of carbonyl (C=O) groups is 8. The smallest absolute Gasteiger partial charge is 0.353 e. The molecule has 3 fully saturated rings. The first-order chi connectivity index (χ1) is 21.2. The minimum atomic E-state index is -4.72. The minimum absolute atomic E-state index is 0. The third-order valence-electron chi connectivity index (χ3n) is 7.33. The van der Waals surface area contributed by atoms with Gasteiger partial charge < -0.3 is 20.8 Å². The van der Waals surface area contributed by atoms with E-state index >= 15 is 0 Å². The van der Waals surface area contributed by atoms with Crippen LogP contribution in [-0.4, -0.2) is 98.5 Å². The van der Waals surface area contributed by atoms with Crippen LogP contribution < -0.4 is 0 Å². The van der Waals surface area contributed by atoms with Crippen molar-refractivity contribution in [3.05, 3.63) is 6.42 Å². The maximum absolute atomic E-state index is 12.1. The third kappa shape index (κ3) is 12.3. The van der Waals surface area contributed by atoms with Gasteiger partial charge in [-0.15, -0.1) is 5.06 Å². The Labute approximate surface area is 302 Å². The molecule has 5 unspecified atom stereocenters. The van der Waals surface area contributed by atoms with E-state index in [9.17, 15) is 51.3 Å². The second-order valence-electron chi connectivity index (χ2n) is 12.0. The molecule has 5 atom stereocenters. The molecule has 0 radical (unpaired) electrons. The zero-order chi connectivity index (χ0) is 35.1. The Hall–Kier alpha value is -2.26. The van der Waals surface area contributed by atoms with Gasteiger partial charge in [0.2, 0.25) is 11.8 Å². The van der Waals surface area contributed by atoms with Crippen molar-refractivity contribution in [1.82, 2.24) is 9.96 Å². The van der Waals surface area contributed by atoms with Gasteiger partial charge in [-0.3, -0.25) is 38.2 Å². The molecule has 2 heterocycles. The number of esters is 1. The quantitative estimate of drug-likeness (QED) is 0.0911. The molecular weight excluding hydrogens is 886 g/mol. The molecule has 3 aliphatic rings. The molecule has 18 heteroatoms. The first-order valence-electron chi connectivity index (χ1n) is 14.9. The summed E-state index contributed by atoms with van der Waals surface area (Å²) in [4.78, 5) is 99.5. The van der Waals surface area contributed by atoms with Crippen molar-refractivity contribution in [2.75, 3.05) is 6.54 Å². The minimum Gasteiger partial charge on any atom is -0.449 e. The molecule has 0 aromatic heterocycles. The van der Waals surface area contributed by atoms with Crippen LogP contribution in [0.4, 0.5) is 0 Å². The zero-order valence-electron chi connectivity index (χ0n) is 27.1. The fourth-order valence-electron chi connectivity index (χ4n) is 4.90. The first kappa shape index (κ1) is 42.8. The van der Waals surface area contributed by atoms with Crippen LogP contribution in [0, 0.1) is 55.3 Å². The molecule has 1 saturated carbocycles. The molecule has 4 amide bonds. The van der Waals surface area contributed by atoms with Gasteiger partial charge in [-0.05, 0) is 24.0 Å². The van der Waals surface area contributed by atoms with Gasteiger partial charge in [0.05, 0.1) is 0 Å². The zero-order valence-corrected chi connectivity index (χ0v) is 32.9. The fourth-order valence-corrected chi connectivity index (χ4v) is 7.07. The van der Waals surface area contributed by atoms with Crippen molar-refractivity contribution in [2.24, 2.45) is 17.8 Å². The van der Waals surface area contributed by atoms with Crippen LogP contribution in [0.5, 0.6) is 0 Å². The van der Waals surface area contributed by atoms with Crippen molar-refractivity contribution in [2.45, 2.75) is 102 Å². The Kier molecular flexibility index (Phi) is 16.8. The van der Waals surface area contributed by atoms with E-state index in [0.29, 0.717) is 0 Å². The number of ketones is 2. The van der Waals surface area contributed by atoms with E-state index in [1.807, 2.05) is 27.7 Å². The average molecular weight is 928 g/mol. The van der Waals surface area contributed by atoms with E-state index in [0.717, 1.165) is 0 Å². The molecular formula is C29H41N2O13S2U-. The summed E-state index contributed by atoms with van der Waals surface area (Å²) in [6.07, 6.45) is -0.0163. The SMILES string of the molecule is CC(C)C1CC(=O)N(CCCC(=O)OC2C(=O)[CH-]CC2=O)C1=O.CC(C)SC(C)CC(C(=O)ON1C(=O)CC(C)C1=O)S(=O)(=O)O.[U]. The number of thioether (sulfide) groups is 1. The fraction of sp³-hybridized carbons (Fsp3) is 0.690. The number of imide groups is 2. The van der Waals surface area contributed by atoms with Crippen LogP contribution in [0.3, 0.4) is 0 Å². The number of Topliss-reactive ketones (excluding diaryl/α,β-unsaturated/α-hetero) is 2. The van der Waals surface area contributed by atoms with Gasteiger partial charge in [0.25, 0.3) is 21.9 Å². The van der Waals surface area contributed by atoms with E-state index in [1.54, 1.807) is 6.92 Å². The molecule has 1 N–H and O–H groups in total. The van der Waals surface area contributed by atoms with Crippen LogP contribution in [0.1, 0.15) is 80.1 Å². The van der Waals surface area contributed by atoms with Crippen molar-refractivity contribution < 1.29 is 92.0 Å². The standard InChI is InChI=1S/C16H20NO6.C13H21NO7S2.U/c1-9(2)10-8-13(20)17(16(10)22)7-3-4-14(21)23-15-11(18)5-6-12(15)19;1-7(2)22-9(4)6-10(23(18,19)20)13(17)21-14-11(15)5-8(3)12(14)16;/h5,9-10,15H,3-4,6-8H2,1-2H3;7-10H,5-6H2,1-4H3,(H,18,19,20);/q-1;;. The summed E-state index contributed by atoms with van der Waals surface area (Å²) in [5.41, 5.74) is 0. The van der Waals surface area contributed by atoms with Gasteiger partial charge in [-0.1, -0.05) is 48.0 Å². The second kappa shape index (κ2) is 18.5. The first-order valence-corrected chi connectivity index (χ1v) is 17.3. The Morgan fingerprint density at radius 3 is 2.06 bits per heavy atom. The summed E-state index contributed by atoms with van der Waals surface area (Å²) < 4.78 is 37.0. The number of amides is 4. The van der Waals surface area contributed by atoms with Crippen LogP contribution >= 0.6 is 11.8 Å². The van der Waals surface area contributed by atoms with Gasteiger partial charge in [-0.2, -0.15) is 20.2 Å². The number of hydroxylamine groups is 2. The van der Waals surface area contributed by atoms with E-state index < -0.39 is 62.7 Å². The van der Waals surface area contributed by atoms with Crippen molar-refractivity contribution in [3.63, 3.8) is 0 Å². The number of carbonyl (C=O) groups excluding carboxylic acids is 8. The summed E-state index contributed by atoms with van der Waals surface area (Å²) in [7, 11) is -4.72. The monoisotopic (exact) mass is 927 g/mol. The molecule has 3 rings (SSSR count). The van der Waals surface area contributed by atoms with Crippen LogP contribution in [-0.2, 0) is 58.0 Å².